The van der Waals surface area contributed by atoms with E-state index < -0.39 is 21.7 Å². The molecule has 0 radical (unpaired) electrons. The van der Waals surface area contributed by atoms with E-state index in [0.717, 1.165) is 55.1 Å². The smallest absolute Gasteiger partial charge is 0.286 e. The van der Waals surface area contributed by atoms with Crippen LogP contribution in [0.3, 0.4) is 0 Å². The number of carbonyl (C=O) groups excluding carboxylic acids is 2. The lowest BCUT2D eigenvalue weighted by molar-refractivity contribution is -0.0382. The zero-order valence-corrected chi connectivity index (χ0v) is 33.4. The Bertz CT molecular complexity index is 2110. The molecule has 2 amide bonds. The first-order valence-corrected chi connectivity index (χ1v) is 21.5. The molecule has 0 unspecified atom stereocenters. The molecule has 3 aromatic rings. The lowest BCUT2D eigenvalue weighted by Gasteiger charge is -2.46. The van der Waals surface area contributed by atoms with Crippen LogP contribution in [0.15, 0.2) is 65.2 Å². The molecule has 7 atom stereocenters. The molecular formula is C42H51ClN4O7S. The van der Waals surface area contributed by atoms with Gasteiger partial charge in [-0.05, 0) is 104 Å². The van der Waals surface area contributed by atoms with E-state index in [1.54, 1.807) is 32.5 Å². The summed E-state index contributed by atoms with van der Waals surface area (Å²) in [4.78, 5) is 30.3. The molecule has 2 aromatic carbocycles. The summed E-state index contributed by atoms with van der Waals surface area (Å²) in [7, 11) is -0.177. The Morgan fingerprint density at radius 3 is 2.82 bits per heavy atom. The fourth-order valence-corrected chi connectivity index (χ4v) is 11.4. The van der Waals surface area contributed by atoms with Gasteiger partial charge in [-0.15, -0.1) is 4.36 Å². The van der Waals surface area contributed by atoms with Crippen LogP contribution in [0.4, 0.5) is 5.69 Å². The zero-order valence-electron chi connectivity index (χ0n) is 31.8. The lowest BCUT2D eigenvalue weighted by Crippen LogP contribution is -2.49. The number of carbonyl (C=O) groups is 2. The van der Waals surface area contributed by atoms with Crippen LogP contribution in [0, 0.1) is 17.8 Å². The molecule has 1 saturated carbocycles. The van der Waals surface area contributed by atoms with Crippen LogP contribution in [-0.2, 0) is 49.1 Å². The summed E-state index contributed by atoms with van der Waals surface area (Å²) < 4.78 is 47.6. The molecule has 8 rings (SSSR count). The van der Waals surface area contributed by atoms with Crippen molar-refractivity contribution >= 4 is 39.0 Å². The Labute approximate surface area is 329 Å². The van der Waals surface area contributed by atoms with E-state index in [4.69, 9.17) is 30.5 Å². The van der Waals surface area contributed by atoms with Crippen LogP contribution in [-0.4, -0.2) is 79.1 Å². The van der Waals surface area contributed by atoms with Crippen molar-refractivity contribution in [3.63, 3.8) is 0 Å². The van der Waals surface area contributed by atoms with Crippen LogP contribution >= 0.6 is 11.6 Å². The highest BCUT2D eigenvalue weighted by atomic mass is 35.5. The van der Waals surface area contributed by atoms with E-state index in [0.29, 0.717) is 68.0 Å². The van der Waals surface area contributed by atoms with Crippen molar-refractivity contribution in [2.45, 2.75) is 76.2 Å². The van der Waals surface area contributed by atoms with Crippen molar-refractivity contribution in [1.82, 2.24) is 9.29 Å². The number of fused-ring (bicyclic) bond motifs is 5. The van der Waals surface area contributed by atoms with Crippen molar-refractivity contribution in [3.8, 4) is 5.75 Å². The molecular weight excluding hydrogens is 740 g/mol. The number of rotatable bonds is 5. The second-order valence-corrected chi connectivity index (χ2v) is 18.6. The predicted octanol–water partition coefficient (Wildman–Crippen LogP) is 6.75. The summed E-state index contributed by atoms with van der Waals surface area (Å²) in [6, 6.07) is 13.3. The molecule has 11 nitrogen and oxygen atoms in total. The maximum atomic E-state index is 14.8. The number of aryl methyl sites for hydroxylation is 1. The van der Waals surface area contributed by atoms with Crippen molar-refractivity contribution in [3.05, 3.63) is 93.8 Å². The molecule has 1 N–H and O–H groups in total. The van der Waals surface area contributed by atoms with Crippen LogP contribution in [0.2, 0.25) is 5.02 Å². The third kappa shape index (κ3) is 7.85. The molecule has 1 aromatic heterocycles. The Balaban J connectivity index is 1.16. The first kappa shape index (κ1) is 38.2. The summed E-state index contributed by atoms with van der Waals surface area (Å²) in [6.07, 6.45) is 11.4. The van der Waals surface area contributed by atoms with Gasteiger partial charge in [0.25, 0.3) is 11.8 Å². The van der Waals surface area contributed by atoms with Gasteiger partial charge in [0.05, 0.1) is 55.6 Å². The Morgan fingerprint density at radius 1 is 1.15 bits per heavy atom. The number of nitrogens with one attached hydrogen (secondary N) is 1. The fourth-order valence-electron chi connectivity index (χ4n) is 9.30. The minimum Gasteiger partial charge on any atom is -0.490 e. The van der Waals surface area contributed by atoms with E-state index in [9.17, 15) is 13.8 Å². The van der Waals surface area contributed by atoms with Gasteiger partial charge in [-0.2, -0.15) is 0 Å². The zero-order chi connectivity index (χ0) is 38.3. The normalized spacial score (nSPS) is 31.1. The SMILES string of the molecule is COC[C@H]1Cn2cc(C(=O)N[S@@]3(=O)=NC(=O)c4ccc5c(c4)N(C[C@@H]4CC[C@H]4[C@@H](OC)/C=C/C[C@H](C)C3)C[C@@]3(CCCc4cc(Cl)ccc43)CO5)cc2CO1. The third-order valence-electron chi connectivity index (χ3n) is 12.2. The van der Waals surface area contributed by atoms with E-state index in [1.165, 1.54) is 11.1 Å². The number of nitrogens with zero attached hydrogens (tertiary/aromatic N) is 3. The van der Waals surface area contributed by atoms with E-state index in [-0.39, 0.29) is 29.3 Å². The highest BCUT2D eigenvalue weighted by Gasteiger charge is 2.44. The van der Waals surface area contributed by atoms with Crippen LogP contribution in [0.1, 0.15) is 76.6 Å². The van der Waals surface area contributed by atoms with Gasteiger partial charge in [-0.25, -0.2) is 4.21 Å². The molecule has 1 fully saturated rings. The summed E-state index contributed by atoms with van der Waals surface area (Å²) in [6.45, 7) is 5.24. The highest BCUT2D eigenvalue weighted by molar-refractivity contribution is 7.92. The number of methoxy groups -OCH3 is 2. The summed E-state index contributed by atoms with van der Waals surface area (Å²) in [5, 5.41) is 0.738. The second-order valence-electron chi connectivity index (χ2n) is 16.2. The maximum absolute atomic E-state index is 14.8. The van der Waals surface area contributed by atoms with Crippen LogP contribution in [0.25, 0.3) is 0 Å². The Hall–Kier alpha value is -3.68. The van der Waals surface area contributed by atoms with E-state index in [1.807, 2.05) is 29.7 Å². The number of amides is 2. The van der Waals surface area contributed by atoms with Crippen molar-refractivity contribution in [1.29, 1.82) is 0 Å². The highest BCUT2D eigenvalue weighted by Crippen LogP contribution is 2.47. The topological polar surface area (TPSA) is 121 Å². The molecule has 4 heterocycles. The lowest BCUT2D eigenvalue weighted by atomic mass is 9.68. The summed E-state index contributed by atoms with van der Waals surface area (Å²) in [5.41, 5.74) is 4.54. The van der Waals surface area contributed by atoms with Gasteiger partial charge < -0.3 is 28.4 Å². The molecule has 55 heavy (non-hydrogen) atoms. The predicted molar refractivity (Wildman–Crippen MR) is 212 cm³/mol. The average molecular weight is 791 g/mol. The monoisotopic (exact) mass is 790 g/mol. The minimum atomic E-state index is -3.57. The third-order valence-corrected chi connectivity index (χ3v) is 14.5. The molecule has 5 aliphatic rings. The van der Waals surface area contributed by atoms with Gasteiger partial charge in [0.2, 0.25) is 0 Å². The van der Waals surface area contributed by atoms with Gasteiger partial charge >= 0.3 is 0 Å². The summed E-state index contributed by atoms with van der Waals surface area (Å²) in [5.74, 6) is 0.0503. The number of hydrogen-bond acceptors (Lipinski definition) is 8. The molecule has 13 heteroatoms. The molecule has 3 aliphatic heterocycles. The van der Waals surface area contributed by atoms with E-state index >= 15 is 0 Å². The first-order valence-electron chi connectivity index (χ1n) is 19.5. The van der Waals surface area contributed by atoms with Crippen LogP contribution in [0.5, 0.6) is 5.75 Å². The van der Waals surface area contributed by atoms with Gasteiger partial charge in [0.15, 0.2) is 0 Å². The second kappa shape index (κ2) is 15.7. The number of aromatic nitrogens is 1. The van der Waals surface area contributed by atoms with Gasteiger partial charge in [0, 0.05) is 55.2 Å². The number of halogens is 1. The Kier molecular flexibility index (Phi) is 10.9. The van der Waals surface area contributed by atoms with Gasteiger partial charge in [-0.1, -0.05) is 36.7 Å². The first-order chi connectivity index (χ1) is 26.5. The van der Waals surface area contributed by atoms with Crippen molar-refractivity contribution in [2.24, 2.45) is 22.1 Å². The molecule has 0 saturated heterocycles. The molecule has 2 bridgehead atoms. The van der Waals surface area contributed by atoms with Gasteiger partial charge in [0.1, 0.15) is 15.7 Å². The van der Waals surface area contributed by atoms with E-state index in [2.05, 4.69) is 38.3 Å². The number of ether oxygens (including phenoxy) is 4. The number of allylic oxidation sites excluding steroid dienone is 1. The molecule has 294 valence electrons. The molecule has 2 aliphatic carbocycles. The quantitative estimate of drug-likeness (QED) is 0.282. The minimum absolute atomic E-state index is 0.00274. The maximum Gasteiger partial charge on any atom is 0.286 e. The number of hydrogen-bond donors (Lipinski definition) is 1. The standard InChI is InChI=1S/C42H51ClN4O7S/c1-27-6-4-8-38(52-3)35-12-9-30(35)19-47-25-42(15-5-7-28-16-32(43)11-13-36(28)42)26-54-39-14-10-29(18-37(39)47)40(48)44-55(50,24-27)45-41(49)31-17-33-22-53-34(23-51-2)21-46(33)20-31/h4,8,10-11,13-14,16-18,20,27,30,34-35,38H,5-7,9,12,15,19,21-26H2,1-3H3,(H,44,45,48,49,50)/b8-4+/t27-,30-,34+,35+,38-,42-,55-/m0/s1. The van der Waals surface area contributed by atoms with Crippen LogP contribution < -0.4 is 14.4 Å². The number of anilines is 1. The number of benzene rings is 2. The van der Waals surface area contributed by atoms with Crippen molar-refractivity contribution in [2.75, 3.05) is 51.2 Å². The average Bonchev–Trinajstić information content (AvgIpc) is 3.51. The molecule has 1 spiro atoms. The fraction of sp³-hybridized carbons (Fsp3) is 0.524. The summed E-state index contributed by atoms with van der Waals surface area (Å²) >= 11 is 6.48. The van der Waals surface area contributed by atoms with Gasteiger partial charge in [-0.3, -0.25) is 14.3 Å². The Morgan fingerprint density at radius 2 is 2.02 bits per heavy atom. The van der Waals surface area contributed by atoms with Crippen molar-refractivity contribution < 1.29 is 32.7 Å². The largest absolute Gasteiger partial charge is 0.490 e.